The van der Waals surface area contributed by atoms with E-state index in [2.05, 4.69) is 5.32 Å². The van der Waals surface area contributed by atoms with Gasteiger partial charge >= 0.3 is 0 Å². The van der Waals surface area contributed by atoms with E-state index in [9.17, 15) is 19.5 Å². The molecule has 0 saturated heterocycles. The van der Waals surface area contributed by atoms with Crippen LogP contribution in [0, 0.1) is 6.92 Å². The van der Waals surface area contributed by atoms with Gasteiger partial charge in [-0.2, -0.15) is 0 Å². The second kappa shape index (κ2) is 8.92. The van der Waals surface area contributed by atoms with Crippen molar-refractivity contribution in [2.24, 2.45) is 0 Å². The van der Waals surface area contributed by atoms with E-state index in [-0.39, 0.29) is 42.8 Å². The number of amides is 3. The average molecular weight is 407 g/mol. The third-order valence-corrected chi connectivity index (χ3v) is 4.92. The Kier molecular flexibility index (Phi) is 6.32. The largest absolute Gasteiger partial charge is 0.395 e. The SMILES string of the molecule is CC(=O)Nc1ccc(C2=C(N(C)CCO)C(=O)N(Cc3ccc(C)cc3)C2=O)cc1. The van der Waals surface area contributed by atoms with Crippen LogP contribution in [0.3, 0.4) is 0 Å². The molecule has 2 aromatic rings. The fourth-order valence-electron chi connectivity index (χ4n) is 3.38. The molecule has 0 aliphatic carbocycles. The van der Waals surface area contributed by atoms with Gasteiger partial charge < -0.3 is 15.3 Å². The molecule has 1 heterocycles. The fourth-order valence-corrected chi connectivity index (χ4v) is 3.38. The van der Waals surface area contributed by atoms with Crippen LogP contribution in [0.2, 0.25) is 0 Å². The zero-order valence-corrected chi connectivity index (χ0v) is 17.3. The molecule has 0 unspecified atom stereocenters. The summed E-state index contributed by atoms with van der Waals surface area (Å²) in [4.78, 5) is 40.5. The monoisotopic (exact) mass is 407 g/mol. The third-order valence-electron chi connectivity index (χ3n) is 4.92. The van der Waals surface area contributed by atoms with Gasteiger partial charge in [0.15, 0.2) is 0 Å². The van der Waals surface area contributed by atoms with E-state index in [1.54, 1.807) is 36.2 Å². The highest BCUT2D eigenvalue weighted by atomic mass is 16.3. The minimum Gasteiger partial charge on any atom is -0.395 e. The second-order valence-corrected chi connectivity index (χ2v) is 7.31. The highest BCUT2D eigenvalue weighted by Crippen LogP contribution is 2.32. The molecule has 2 aromatic carbocycles. The first-order chi connectivity index (χ1) is 14.3. The molecule has 0 atom stereocenters. The number of aryl methyl sites for hydroxylation is 1. The van der Waals surface area contributed by atoms with Gasteiger partial charge in [-0.1, -0.05) is 42.0 Å². The Morgan fingerprint density at radius 2 is 1.67 bits per heavy atom. The first-order valence-corrected chi connectivity index (χ1v) is 9.68. The van der Waals surface area contributed by atoms with E-state index >= 15 is 0 Å². The number of nitrogens with one attached hydrogen (secondary N) is 1. The molecular weight excluding hydrogens is 382 g/mol. The average Bonchev–Trinajstić information content (AvgIpc) is 2.95. The highest BCUT2D eigenvalue weighted by Gasteiger charge is 2.40. The Balaban J connectivity index is 1.97. The molecule has 2 N–H and O–H groups in total. The number of aliphatic hydroxyl groups excluding tert-OH is 1. The van der Waals surface area contributed by atoms with E-state index in [0.29, 0.717) is 11.3 Å². The molecule has 0 saturated carbocycles. The van der Waals surface area contributed by atoms with Crippen LogP contribution in [0.5, 0.6) is 0 Å². The maximum atomic E-state index is 13.3. The lowest BCUT2D eigenvalue weighted by atomic mass is 10.0. The molecule has 1 aliphatic heterocycles. The number of benzene rings is 2. The van der Waals surface area contributed by atoms with Gasteiger partial charge in [-0.15, -0.1) is 0 Å². The summed E-state index contributed by atoms with van der Waals surface area (Å²) in [5.74, 6) is -0.966. The minimum absolute atomic E-state index is 0.145. The van der Waals surface area contributed by atoms with Crippen molar-refractivity contribution in [2.45, 2.75) is 20.4 Å². The smallest absolute Gasteiger partial charge is 0.278 e. The van der Waals surface area contributed by atoms with Crippen molar-refractivity contribution in [3.05, 3.63) is 70.9 Å². The standard InChI is InChI=1S/C23H25N3O4/c1-15-4-6-17(7-5-15)14-26-22(29)20(21(23(26)30)25(3)12-13-27)18-8-10-19(11-9-18)24-16(2)28/h4-11,27H,12-14H2,1-3H3,(H,24,28). The number of hydrogen-bond donors (Lipinski definition) is 2. The molecule has 0 aromatic heterocycles. The molecule has 0 spiro atoms. The quantitative estimate of drug-likeness (QED) is 0.687. The van der Waals surface area contributed by atoms with E-state index in [4.69, 9.17) is 0 Å². The molecule has 3 amide bonds. The molecule has 1 aliphatic rings. The zero-order chi connectivity index (χ0) is 21.8. The van der Waals surface area contributed by atoms with Crippen molar-refractivity contribution in [2.75, 3.05) is 25.5 Å². The van der Waals surface area contributed by atoms with Crippen LogP contribution < -0.4 is 5.32 Å². The molecule has 3 rings (SSSR count). The van der Waals surface area contributed by atoms with Crippen molar-refractivity contribution in [3.63, 3.8) is 0 Å². The van der Waals surface area contributed by atoms with Crippen molar-refractivity contribution in [1.29, 1.82) is 0 Å². The van der Waals surface area contributed by atoms with Crippen LogP contribution in [-0.4, -0.2) is 52.8 Å². The number of carbonyl (C=O) groups is 3. The van der Waals surface area contributed by atoms with Crippen molar-refractivity contribution in [1.82, 2.24) is 9.80 Å². The topological polar surface area (TPSA) is 90.0 Å². The van der Waals surface area contributed by atoms with Gasteiger partial charge in [-0.05, 0) is 30.2 Å². The van der Waals surface area contributed by atoms with Crippen LogP contribution >= 0.6 is 0 Å². The van der Waals surface area contributed by atoms with Crippen LogP contribution in [0.25, 0.3) is 5.57 Å². The van der Waals surface area contributed by atoms with Gasteiger partial charge in [0.05, 0.1) is 18.7 Å². The van der Waals surface area contributed by atoms with Crippen molar-refractivity contribution >= 4 is 29.0 Å². The number of rotatable bonds is 7. The second-order valence-electron chi connectivity index (χ2n) is 7.31. The van der Waals surface area contributed by atoms with E-state index in [1.165, 1.54) is 11.8 Å². The molecule has 156 valence electrons. The lowest BCUT2D eigenvalue weighted by molar-refractivity contribution is -0.138. The predicted molar refractivity (Wildman–Crippen MR) is 114 cm³/mol. The molecule has 0 bridgehead atoms. The van der Waals surface area contributed by atoms with E-state index in [0.717, 1.165) is 11.1 Å². The summed E-state index contributed by atoms with van der Waals surface area (Å²) >= 11 is 0. The predicted octanol–water partition coefficient (Wildman–Crippen LogP) is 2.16. The number of anilines is 1. The van der Waals surface area contributed by atoms with Crippen LogP contribution in [0.4, 0.5) is 5.69 Å². The van der Waals surface area contributed by atoms with Crippen LogP contribution in [-0.2, 0) is 20.9 Å². The zero-order valence-electron chi connectivity index (χ0n) is 17.3. The maximum absolute atomic E-state index is 13.3. The lowest BCUT2D eigenvalue weighted by Crippen LogP contribution is -2.34. The van der Waals surface area contributed by atoms with Crippen molar-refractivity contribution in [3.8, 4) is 0 Å². The van der Waals surface area contributed by atoms with Gasteiger partial charge in [0, 0.05) is 26.2 Å². The number of nitrogens with zero attached hydrogens (tertiary/aromatic N) is 2. The van der Waals surface area contributed by atoms with E-state index in [1.807, 2.05) is 31.2 Å². The van der Waals surface area contributed by atoms with Crippen molar-refractivity contribution < 1.29 is 19.5 Å². The van der Waals surface area contributed by atoms with Crippen LogP contribution in [0.15, 0.2) is 54.2 Å². The maximum Gasteiger partial charge on any atom is 0.278 e. The molecule has 7 heteroatoms. The van der Waals surface area contributed by atoms with E-state index < -0.39 is 5.91 Å². The van der Waals surface area contributed by atoms with Gasteiger partial charge in [-0.3, -0.25) is 19.3 Å². The van der Waals surface area contributed by atoms with Gasteiger partial charge in [-0.25, -0.2) is 0 Å². The molecule has 0 fully saturated rings. The summed E-state index contributed by atoms with van der Waals surface area (Å²) in [6.07, 6.45) is 0. The fraction of sp³-hybridized carbons (Fsp3) is 0.261. The number of carbonyl (C=O) groups excluding carboxylic acids is 3. The first kappa shape index (κ1) is 21.3. The molecular formula is C23H25N3O4. The minimum atomic E-state index is -0.391. The molecule has 0 radical (unpaired) electrons. The Bertz CT molecular complexity index is 994. The molecule has 7 nitrogen and oxygen atoms in total. The number of aliphatic hydroxyl groups is 1. The van der Waals surface area contributed by atoms with Gasteiger partial charge in [0.25, 0.3) is 11.8 Å². The Labute approximate surface area is 175 Å². The third kappa shape index (κ3) is 4.41. The Morgan fingerprint density at radius 3 is 2.23 bits per heavy atom. The number of likely N-dealkylation sites (N-methyl/N-ethyl adjacent to an activating group) is 1. The van der Waals surface area contributed by atoms with Crippen LogP contribution in [0.1, 0.15) is 23.6 Å². The summed E-state index contributed by atoms with van der Waals surface area (Å²) in [6.45, 7) is 3.64. The van der Waals surface area contributed by atoms with Gasteiger partial charge in [0.2, 0.25) is 5.91 Å². The number of hydrogen-bond acceptors (Lipinski definition) is 5. The summed E-state index contributed by atoms with van der Waals surface area (Å²) in [7, 11) is 1.68. The van der Waals surface area contributed by atoms with Gasteiger partial charge in [0.1, 0.15) is 5.70 Å². The summed E-state index contributed by atoms with van der Waals surface area (Å²) in [5, 5.41) is 12.0. The summed E-state index contributed by atoms with van der Waals surface area (Å²) < 4.78 is 0. The summed E-state index contributed by atoms with van der Waals surface area (Å²) in [5.41, 5.74) is 3.68. The highest BCUT2D eigenvalue weighted by molar-refractivity contribution is 6.35. The Hall–Kier alpha value is -3.45. The normalized spacial score (nSPS) is 13.8. The molecule has 30 heavy (non-hydrogen) atoms. The number of imide groups is 1. The summed E-state index contributed by atoms with van der Waals surface area (Å²) in [6, 6.07) is 14.5. The lowest BCUT2D eigenvalue weighted by Gasteiger charge is -2.20. The Morgan fingerprint density at radius 1 is 1.03 bits per heavy atom. The first-order valence-electron chi connectivity index (χ1n) is 9.68.